The summed E-state index contributed by atoms with van der Waals surface area (Å²) in [6.45, 7) is 6.63. The summed E-state index contributed by atoms with van der Waals surface area (Å²) in [4.78, 5) is 30.1. The van der Waals surface area contributed by atoms with E-state index in [4.69, 9.17) is 0 Å². The number of benzene rings is 1. The average Bonchev–Trinajstić information content (AvgIpc) is 2.90. The minimum Gasteiger partial charge on any atom is -0.387 e. The number of fused-ring (bicyclic) bond motifs is 1. The molecule has 3 aromatic heterocycles. The fourth-order valence-electron chi connectivity index (χ4n) is 4.11. The third-order valence-electron chi connectivity index (χ3n) is 6.51. The van der Waals surface area contributed by atoms with E-state index in [1.165, 1.54) is 6.33 Å². The summed E-state index contributed by atoms with van der Waals surface area (Å²) >= 11 is 0. The minimum atomic E-state index is -0.616. The quantitative estimate of drug-likeness (QED) is 0.352. The molecular formula is C27H30N6O2. The van der Waals surface area contributed by atoms with Gasteiger partial charge in [0.2, 0.25) is 0 Å². The van der Waals surface area contributed by atoms with Crippen LogP contribution >= 0.6 is 0 Å². The highest BCUT2D eigenvalue weighted by atomic mass is 16.3. The number of rotatable bonds is 8. The van der Waals surface area contributed by atoms with Gasteiger partial charge >= 0.3 is 0 Å². The van der Waals surface area contributed by atoms with Gasteiger partial charge in [-0.2, -0.15) is 0 Å². The summed E-state index contributed by atoms with van der Waals surface area (Å²) in [5.41, 5.74) is 4.45. The number of hydrogen-bond donors (Lipinski definition) is 3. The molecule has 0 fully saturated rings. The summed E-state index contributed by atoms with van der Waals surface area (Å²) in [7, 11) is 1.63. The first-order valence-corrected chi connectivity index (χ1v) is 11.7. The van der Waals surface area contributed by atoms with Crippen LogP contribution in [0.3, 0.4) is 0 Å². The molecule has 1 amide bonds. The molecule has 0 bridgehead atoms. The van der Waals surface area contributed by atoms with E-state index in [2.05, 4.69) is 50.5 Å². The number of para-hydroxylation sites is 1. The highest BCUT2D eigenvalue weighted by Gasteiger charge is 2.28. The summed E-state index contributed by atoms with van der Waals surface area (Å²) < 4.78 is 0. The van der Waals surface area contributed by atoms with Crippen LogP contribution in [0.2, 0.25) is 0 Å². The maximum Gasteiger partial charge on any atom is 0.251 e. The van der Waals surface area contributed by atoms with Gasteiger partial charge in [0.15, 0.2) is 0 Å². The van der Waals surface area contributed by atoms with Crippen molar-refractivity contribution in [2.75, 3.05) is 18.9 Å². The molecule has 0 saturated carbocycles. The summed E-state index contributed by atoms with van der Waals surface area (Å²) in [5, 5.41) is 16.7. The largest absolute Gasteiger partial charge is 0.387 e. The van der Waals surface area contributed by atoms with E-state index in [1.54, 1.807) is 38.5 Å². The first-order chi connectivity index (χ1) is 16.9. The molecule has 4 rings (SSSR count). The summed E-state index contributed by atoms with van der Waals surface area (Å²) in [6, 6.07) is 13.3. The Bertz CT molecular complexity index is 1340. The lowest BCUT2D eigenvalue weighted by molar-refractivity contribution is 0.0964. The van der Waals surface area contributed by atoms with Crippen molar-refractivity contribution in [1.82, 2.24) is 25.3 Å². The molecule has 3 N–H and O–H groups in total. The predicted octanol–water partition coefficient (Wildman–Crippen LogP) is 4.28. The number of anilines is 1. The molecule has 0 spiro atoms. The molecule has 180 valence electrons. The molecule has 0 saturated heterocycles. The van der Waals surface area contributed by atoms with Gasteiger partial charge in [-0.25, -0.2) is 9.97 Å². The Hall–Kier alpha value is -3.91. The Balaban J connectivity index is 1.61. The summed E-state index contributed by atoms with van der Waals surface area (Å²) in [5.74, 6) is 0.573. The van der Waals surface area contributed by atoms with E-state index in [0.29, 0.717) is 23.6 Å². The van der Waals surface area contributed by atoms with Crippen molar-refractivity contribution in [3.05, 3.63) is 78.0 Å². The van der Waals surface area contributed by atoms with Gasteiger partial charge in [0.05, 0.1) is 28.6 Å². The van der Waals surface area contributed by atoms with Crippen molar-refractivity contribution in [3.8, 4) is 11.3 Å². The van der Waals surface area contributed by atoms with Crippen molar-refractivity contribution < 1.29 is 9.90 Å². The van der Waals surface area contributed by atoms with Crippen LogP contribution in [0.5, 0.6) is 0 Å². The molecule has 1 unspecified atom stereocenters. The van der Waals surface area contributed by atoms with Crippen LogP contribution in [0.25, 0.3) is 22.2 Å². The number of carbonyl (C=O) groups excluding carboxylic acids is 1. The number of amides is 1. The van der Waals surface area contributed by atoms with E-state index >= 15 is 0 Å². The zero-order valence-electron chi connectivity index (χ0n) is 20.4. The van der Waals surface area contributed by atoms with Gasteiger partial charge in [-0.3, -0.25) is 14.8 Å². The topological polar surface area (TPSA) is 113 Å². The smallest absolute Gasteiger partial charge is 0.251 e. The molecular weight excluding hydrogens is 440 g/mol. The Morgan fingerprint density at radius 3 is 2.63 bits per heavy atom. The number of hydrogen-bond acceptors (Lipinski definition) is 7. The Kier molecular flexibility index (Phi) is 7.02. The number of aliphatic hydroxyl groups is 1. The number of aliphatic hydroxyl groups excluding tert-OH is 1. The molecule has 1 aromatic carbocycles. The Morgan fingerprint density at radius 1 is 1.11 bits per heavy atom. The van der Waals surface area contributed by atoms with Crippen molar-refractivity contribution >= 4 is 22.6 Å². The number of nitrogens with one attached hydrogen (secondary N) is 2. The second-order valence-electron chi connectivity index (χ2n) is 8.84. The standard InChI is InChI=1S/C27H30N6O2/c1-5-27(3,21-8-6-7-19-20(26(35)28-4)11-12-29-25(19)21)15-31-24-13-23(32-16-33-24)18-9-10-22(17(2)34)30-14-18/h6-14,16-17,34H,5,15H2,1-4H3,(H,28,35)(H,31,32,33)/t17?,27-/m1/s1. The van der Waals surface area contributed by atoms with Crippen LogP contribution in [0.1, 0.15) is 54.9 Å². The van der Waals surface area contributed by atoms with Crippen molar-refractivity contribution in [1.29, 1.82) is 0 Å². The molecule has 0 aliphatic carbocycles. The second-order valence-corrected chi connectivity index (χ2v) is 8.84. The van der Waals surface area contributed by atoms with Crippen LogP contribution < -0.4 is 10.6 Å². The van der Waals surface area contributed by atoms with E-state index in [0.717, 1.165) is 34.1 Å². The van der Waals surface area contributed by atoms with E-state index < -0.39 is 6.10 Å². The number of aromatic nitrogens is 4. The first kappa shape index (κ1) is 24.2. The highest BCUT2D eigenvalue weighted by Crippen LogP contribution is 2.34. The maximum absolute atomic E-state index is 12.4. The third kappa shape index (κ3) is 4.97. The SMILES string of the molecule is CC[C@](C)(CNc1cc(-c2ccc(C(C)O)nc2)ncn1)c1cccc2c(C(=O)NC)ccnc12. The molecule has 0 aliphatic heterocycles. The predicted molar refractivity (Wildman–Crippen MR) is 137 cm³/mol. The van der Waals surface area contributed by atoms with Gasteiger partial charge < -0.3 is 15.7 Å². The summed E-state index contributed by atoms with van der Waals surface area (Å²) in [6.07, 6.45) is 5.16. The van der Waals surface area contributed by atoms with E-state index in [9.17, 15) is 9.90 Å². The molecule has 0 aliphatic rings. The van der Waals surface area contributed by atoms with Gasteiger partial charge in [-0.15, -0.1) is 0 Å². The molecule has 8 heteroatoms. The second kappa shape index (κ2) is 10.1. The zero-order valence-corrected chi connectivity index (χ0v) is 20.4. The van der Waals surface area contributed by atoms with Crippen LogP contribution in [0.4, 0.5) is 5.82 Å². The van der Waals surface area contributed by atoms with Crippen molar-refractivity contribution in [2.45, 2.75) is 38.7 Å². The van der Waals surface area contributed by atoms with Gasteiger partial charge in [-0.1, -0.05) is 32.0 Å². The van der Waals surface area contributed by atoms with E-state index in [-0.39, 0.29) is 11.3 Å². The highest BCUT2D eigenvalue weighted by molar-refractivity contribution is 6.06. The van der Waals surface area contributed by atoms with Gasteiger partial charge in [0.1, 0.15) is 12.1 Å². The first-order valence-electron chi connectivity index (χ1n) is 11.7. The van der Waals surface area contributed by atoms with Gasteiger partial charge in [0, 0.05) is 48.4 Å². The zero-order chi connectivity index (χ0) is 25.0. The van der Waals surface area contributed by atoms with Gasteiger partial charge in [0.25, 0.3) is 5.91 Å². The molecule has 8 nitrogen and oxygen atoms in total. The molecule has 2 atom stereocenters. The normalized spacial score (nSPS) is 13.7. The molecule has 0 radical (unpaired) electrons. The average molecular weight is 471 g/mol. The number of carbonyl (C=O) groups is 1. The number of pyridine rings is 2. The fourth-order valence-corrected chi connectivity index (χ4v) is 4.11. The lowest BCUT2D eigenvalue weighted by Gasteiger charge is -2.30. The van der Waals surface area contributed by atoms with Crippen molar-refractivity contribution in [2.24, 2.45) is 0 Å². The van der Waals surface area contributed by atoms with Crippen molar-refractivity contribution in [3.63, 3.8) is 0 Å². The molecule has 4 aromatic rings. The number of nitrogens with zero attached hydrogens (tertiary/aromatic N) is 4. The lowest BCUT2D eigenvalue weighted by Crippen LogP contribution is -2.31. The Labute approximate surface area is 204 Å². The maximum atomic E-state index is 12.4. The Morgan fingerprint density at radius 2 is 1.94 bits per heavy atom. The molecule has 35 heavy (non-hydrogen) atoms. The fraction of sp³-hybridized carbons (Fsp3) is 0.296. The third-order valence-corrected chi connectivity index (χ3v) is 6.51. The van der Waals surface area contributed by atoms with E-state index in [1.807, 2.05) is 24.3 Å². The van der Waals surface area contributed by atoms with Crippen LogP contribution in [-0.4, -0.2) is 44.5 Å². The van der Waals surface area contributed by atoms with Gasteiger partial charge in [-0.05, 0) is 37.1 Å². The van der Waals surface area contributed by atoms with Crippen LogP contribution in [0, 0.1) is 0 Å². The monoisotopic (exact) mass is 470 g/mol. The molecule has 3 heterocycles. The van der Waals surface area contributed by atoms with Crippen LogP contribution in [-0.2, 0) is 5.41 Å². The minimum absolute atomic E-state index is 0.129. The van der Waals surface area contributed by atoms with Crippen LogP contribution in [0.15, 0.2) is 61.2 Å². The lowest BCUT2D eigenvalue weighted by atomic mass is 9.78.